The number of aryl methyl sites for hydroxylation is 2. The third kappa shape index (κ3) is 2.83. The summed E-state index contributed by atoms with van der Waals surface area (Å²) in [5.74, 6) is -4.21. The van der Waals surface area contributed by atoms with E-state index in [1.54, 1.807) is 6.07 Å². The zero-order valence-electron chi connectivity index (χ0n) is 10.4. The standard InChI is InChI=1S/C13H17F4N/c1-3-8-5-6-10(7-9(8)4-2)11(18)13(16,17)12(14)15/h5-7,11-12H,3-4,18H2,1-2H3. The summed E-state index contributed by atoms with van der Waals surface area (Å²) in [6.07, 6.45) is -2.34. The molecule has 1 nitrogen and oxygen atoms in total. The van der Waals surface area contributed by atoms with Gasteiger partial charge in [-0.05, 0) is 29.5 Å². The fraction of sp³-hybridized carbons (Fsp3) is 0.538. The number of benzene rings is 1. The zero-order chi connectivity index (χ0) is 13.9. The van der Waals surface area contributed by atoms with Crippen molar-refractivity contribution in [2.75, 3.05) is 0 Å². The van der Waals surface area contributed by atoms with Crippen LogP contribution < -0.4 is 5.73 Å². The van der Waals surface area contributed by atoms with E-state index < -0.39 is 18.4 Å². The number of nitrogens with two attached hydrogens (primary N) is 1. The van der Waals surface area contributed by atoms with Crippen LogP contribution >= 0.6 is 0 Å². The SMILES string of the molecule is CCc1ccc(C(N)C(F)(F)C(F)F)cc1CC. The van der Waals surface area contributed by atoms with Crippen molar-refractivity contribution < 1.29 is 17.6 Å². The normalized spacial score (nSPS) is 14.0. The van der Waals surface area contributed by atoms with Crippen molar-refractivity contribution in [3.63, 3.8) is 0 Å². The summed E-state index contributed by atoms with van der Waals surface area (Å²) in [6, 6.07) is 2.60. The summed E-state index contributed by atoms with van der Waals surface area (Å²) < 4.78 is 50.8. The van der Waals surface area contributed by atoms with E-state index in [1.165, 1.54) is 12.1 Å². The highest BCUT2D eigenvalue weighted by molar-refractivity contribution is 5.34. The topological polar surface area (TPSA) is 26.0 Å². The van der Waals surface area contributed by atoms with Crippen LogP contribution in [0.4, 0.5) is 17.6 Å². The second kappa shape index (κ2) is 5.69. The lowest BCUT2D eigenvalue weighted by molar-refractivity contribution is -0.144. The molecule has 0 heterocycles. The first kappa shape index (κ1) is 15.0. The van der Waals surface area contributed by atoms with E-state index in [9.17, 15) is 17.6 Å². The van der Waals surface area contributed by atoms with Crippen molar-refractivity contribution >= 4 is 0 Å². The molecule has 0 aliphatic heterocycles. The number of hydrogen-bond donors (Lipinski definition) is 1. The van der Waals surface area contributed by atoms with Crippen LogP contribution in [0.3, 0.4) is 0 Å². The Morgan fingerprint density at radius 3 is 2.11 bits per heavy atom. The van der Waals surface area contributed by atoms with Crippen LogP contribution in [0.15, 0.2) is 18.2 Å². The van der Waals surface area contributed by atoms with E-state index in [4.69, 9.17) is 5.73 Å². The Morgan fingerprint density at radius 2 is 1.67 bits per heavy atom. The number of halogens is 4. The van der Waals surface area contributed by atoms with Gasteiger partial charge in [0.25, 0.3) is 0 Å². The number of hydrogen-bond acceptors (Lipinski definition) is 1. The van der Waals surface area contributed by atoms with Crippen molar-refractivity contribution in [3.05, 3.63) is 34.9 Å². The minimum Gasteiger partial charge on any atom is -0.319 e. The van der Waals surface area contributed by atoms with Gasteiger partial charge in [0.05, 0.1) is 0 Å². The molecule has 102 valence electrons. The third-order valence-corrected chi connectivity index (χ3v) is 3.06. The average molecular weight is 263 g/mol. The minimum atomic E-state index is -4.21. The molecular weight excluding hydrogens is 246 g/mol. The maximum atomic E-state index is 13.2. The van der Waals surface area contributed by atoms with E-state index in [0.717, 1.165) is 17.5 Å². The van der Waals surface area contributed by atoms with Gasteiger partial charge in [-0.1, -0.05) is 32.0 Å². The molecule has 5 heteroatoms. The van der Waals surface area contributed by atoms with Gasteiger partial charge in [-0.15, -0.1) is 0 Å². The summed E-state index contributed by atoms with van der Waals surface area (Å²) >= 11 is 0. The van der Waals surface area contributed by atoms with Gasteiger partial charge in [-0.3, -0.25) is 0 Å². The number of alkyl halides is 4. The molecule has 0 bridgehead atoms. The van der Waals surface area contributed by atoms with Crippen molar-refractivity contribution in [1.29, 1.82) is 0 Å². The Morgan fingerprint density at radius 1 is 1.11 bits per heavy atom. The van der Waals surface area contributed by atoms with E-state index in [-0.39, 0.29) is 5.56 Å². The summed E-state index contributed by atoms with van der Waals surface area (Å²) in [7, 11) is 0. The molecule has 1 unspecified atom stereocenters. The molecule has 0 amide bonds. The lowest BCUT2D eigenvalue weighted by atomic mass is 9.94. The Bertz CT molecular complexity index is 404. The van der Waals surface area contributed by atoms with Crippen LogP contribution in [0.25, 0.3) is 0 Å². The van der Waals surface area contributed by atoms with E-state index in [0.29, 0.717) is 6.42 Å². The molecule has 0 saturated carbocycles. The molecule has 1 atom stereocenters. The molecular formula is C13H17F4N. The molecule has 1 rings (SSSR count). The monoisotopic (exact) mass is 263 g/mol. The predicted octanol–water partition coefficient (Wildman–Crippen LogP) is 3.71. The molecule has 18 heavy (non-hydrogen) atoms. The summed E-state index contributed by atoms with van der Waals surface area (Å²) in [5, 5.41) is 0. The lowest BCUT2D eigenvalue weighted by Gasteiger charge is -2.23. The largest absolute Gasteiger partial charge is 0.326 e. The Hall–Kier alpha value is -1.10. The molecule has 2 N–H and O–H groups in total. The minimum absolute atomic E-state index is 0.0503. The van der Waals surface area contributed by atoms with Crippen LogP contribution in [-0.2, 0) is 12.8 Å². The highest BCUT2D eigenvalue weighted by Gasteiger charge is 2.47. The smallest absolute Gasteiger partial charge is 0.319 e. The predicted molar refractivity (Wildman–Crippen MR) is 63.1 cm³/mol. The summed E-state index contributed by atoms with van der Waals surface area (Å²) in [4.78, 5) is 0. The van der Waals surface area contributed by atoms with Gasteiger partial charge < -0.3 is 5.73 Å². The Balaban J connectivity index is 3.11. The van der Waals surface area contributed by atoms with Gasteiger partial charge in [-0.2, -0.15) is 8.78 Å². The second-order valence-electron chi connectivity index (χ2n) is 4.19. The first-order chi connectivity index (χ1) is 8.34. The van der Waals surface area contributed by atoms with Crippen LogP contribution in [0.2, 0.25) is 0 Å². The van der Waals surface area contributed by atoms with Gasteiger partial charge in [0, 0.05) is 0 Å². The first-order valence-corrected chi connectivity index (χ1v) is 5.87. The van der Waals surface area contributed by atoms with Gasteiger partial charge in [0.1, 0.15) is 6.04 Å². The second-order valence-corrected chi connectivity index (χ2v) is 4.19. The van der Waals surface area contributed by atoms with Gasteiger partial charge in [0.15, 0.2) is 0 Å². The molecule has 0 aliphatic carbocycles. The molecule has 0 aromatic heterocycles. The van der Waals surface area contributed by atoms with Crippen LogP contribution in [-0.4, -0.2) is 12.3 Å². The van der Waals surface area contributed by atoms with E-state index in [1.807, 2.05) is 13.8 Å². The third-order valence-electron chi connectivity index (χ3n) is 3.06. The summed E-state index contributed by atoms with van der Waals surface area (Å²) in [6.45, 7) is 3.83. The van der Waals surface area contributed by atoms with E-state index >= 15 is 0 Å². The molecule has 0 saturated heterocycles. The molecule has 0 spiro atoms. The first-order valence-electron chi connectivity index (χ1n) is 5.87. The van der Waals surface area contributed by atoms with Gasteiger partial charge in [-0.25, -0.2) is 8.78 Å². The van der Waals surface area contributed by atoms with Crippen LogP contribution in [0, 0.1) is 0 Å². The van der Waals surface area contributed by atoms with Crippen molar-refractivity contribution in [3.8, 4) is 0 Å². The van der Waals surface area contributed by atoms with Crippen molar-refractivity contribution in [2.24, 2.45) is 5.73 Å². The zero-order valence-corrected chi connectivity index (χ0v) is 10.4. The van der Waals surface area contributed by atoms with Crippen LogP contribution in [0.5, 0.6) is 0 Å². The fourth-order valence-corrected chi connectivity index (χ4v) is 1.87. The van der Waals surface area contributed by atoms with E-state index in [2.05, 4.69) is 0 Å². The Labute approximate surface area is 104 Å². The van der Waals surface area contributed by atoms with Gasteiger partial charge >= 0.3 is 12.3 Å². The number of rotatable bonds is 5. The molecule has 1 aromatic rings. The average Bonchev–Trinajstić information content (AvgIpc) is 2.36. The maximum absolute atomic E-state index is 13.2. The molecule has 1 aromatic carbocycles. The highest BCUT2D eigenvalue weighted by atomic mass is 19.3. The fourth-order valence-electron chi connectivity index (χ4n) is 1.87. The van der Waals surface area contributed by atoms with Gasteiger partial charge in [0.2, 0.25) is 0 Å². The molecule has 0 radical (unpaired) electrons. The quantitative estimate of drug-likeness (QED) is 0.805. The summed E-state index contributed by atoms with van der Waals surface area (Å²) in [5.41, 5.74) is 7.20. The lowest BCUT2D eigenvalue weighted by Crippen LogP contribution is -2.39. The van der Waals surface area contributed by atoms with Crippen molar-refractivity contribution in [2.45, 2.75) is 45.1 Å². The molecule has 0 aliphatic rings. The Kier molecular flexibility index (Phi) is 4.73. The maximum Gasteiger partial charge on any atom is 0.326 e. The highest BCUT2D eigenvalue weighted by Crippen LogP contribution is 2.35. The van der Waals surface area contributed by atoms with Crippen LogP contribution in [0.1, 0.15) is 36.6 Å². The van der Waals surface area contributed by atoms with Crippen molar-refractivity contribution in [1.82, 2.24) is 0 Å². The molecule has 0 fully saturated rings.